The van der Waals surface area contributed by atoms with Crippen molar-refractivity contribution in [2.45, 2.75) is 13.1 Å². The second kappa shape index (κ2) is 5.08. The number of halogens is 1. The molecule has 6 nitrogen and oxygen atoms in total. The lowest BCUT2D eigenvalue weighted by molar-refractivity contribution is 0.102. The zero-order valence-electron chi connectivity index (χ0n) is 11.5. The van der Waals surface area contributed by atoms with Gasteiger partial charge in [0.15, 0.2) is 0 Å². The summed E-state index contributed by atoms with van der Waals surface area (Å²) < 4.78 is 0. The van der Waals surface area contributed by atoms with Crippen molar-refractivity contribution in [3.8, 4) is 0 Å². The van der Waals surface area contributed by atoms with Crippen LogP contribution in [0.5, 0.6) is 0 Å². The lowest BCUT2D eigenvalue weighted by Crippen LogP contribution is -2.15. The lowest BCUT2D eigenvalue weighted by Gasteiger charge is -2.07. The number of benzene rings is 1. The first-order chi connectivity index (χ1) is 10.7. The normalized spacial score (nSPS) is 13.3. The van der Waals surface area contributed by atoms with Crippen molar-refractivity contribution in [1.29, 1.82) is 0 Å². The highest BCUT2D eigenvalue weighted by Gasteiger charge is 2.16. The zero-order chi connectivity index (χ0) is 15.1. The molecule has 0 saturated heterocycles. The number of carbonyl (C=O) groups is 1. The fraction of sp³-hybridized carbons (Fsp3) is 0.133. The molecule has 0 spiro atoms. The van der Waals surface area contributed by atoms with Crippen molar-refractivity contribution in [2.24, 2.45) is 0 Å². The average Bonchev–Trinajstić information content (AvgIpc) is 3.13. The molecule has 0 unspecified atom stereocenters. The number of nitrogens with one attached hydrogen (secondary N) is 3. The van der Waals surface area contributed by atoms with E-state index in [1.165, 1.54) is 11.1 Å². The monoisotopic (exact) mass is 313 g/mol. The van der Waals surface area contributed by atoms with Gasteiger partial charge < -0.3 is 15.6 Å². The molecule has 1 aliphatic rings. The lowest BCUT2D eigenvalue weighted by atomic mass is 10.1. The van der Waals surface area contributed by atoms with Gasteiger partial charge in [-0.2, -0.15) is 4.98 Å². The molecule has 0 saturated carbocycles. The van der Waals surface area contributed by atoms with E-state index < -0.39 is 0 Å². The predicted molar refractivity (Wildman–Crippen MR) is 83.8 cm³/mol. The third-order valence-corrected chi connectivity index (χ3v) is 3.87. The van der Waals surface area contributed by atoms with Crippen molar-refractivity contribution in [2.75, 3.05) is 5.32 Å². The minimum absolute atomic E-state index is 0.0400. The number of rotatable bonds is 2. The number of H-pyrrole nitrogens is 1. The maximum atomic E-state index is 12.5. The molecule has 0 bridgehead atoms. The molecule has 0 fully saturated rings. The largest absolute Gasteiger partial charge is 0.346 e. The van der Waals surface area contributed by atoms with Gasteiger partial charge in [0.2, 0.25) is 5.28 Å². The summed E-state index contributed by atoms with van der Waals surface area (Å²) in [6, 6.07) is 7.64. The van der Waals surface area contributed by atoms with E-state index in [1.54, 1.807) is 12.3 Å². The summed E-state index contributed by atoms with van der Waals surface area (Å²) in [5.41, 5.74) is 4.01. The number of hydrogen-bond acceptors (Lipinski definition) is 4. The van der Waals surface area contributed by atoms with Crippen molar-refractivity contribution in [3.63, 3.8) is 0 Å². The van der Waals surface area contributed by atoms with Crippen molar-refractivity contribution in [1.82, 2.24) is 20.3 Å². The van der Waals surface area contributed by atoms with Crippen molar-refractivity contribution >= 4 is 34.2 Å². The first-order valence-electron chi connectivity index (χ1n) is 6.85. The van der Waals surface area contributed by atoms with Gasteiger partial charge in [-0.25, -0.2) is 4.98 Å². The van der Waals surface area contributed by atoms with Crippen LogP contribution in [-0.4, -0.2) is 20.9 Å². The maximum Gasteiger partial charge on any atom is 0.275 e. The highest BCUT2D eigenvalue weighted by atomic mass is 35.5. The molecule has 0 aliphatic carbocycles. The standard InChI is InChI=1S/C15H12ClN5O/c16-15-20-12(11-3-4-18-13(11)21-15)14(22)19-10-2-1-8-6-17-7-9(8)5-10/h1-5,17H,6-7H2,(H,19,22)(H,18,20,21). The number of nitrogens with zero attached hydrogens (tertiary/aromatic N) is 2. The van der Waals surface area contributed by atoms with Gasteiger partial charge in [0, 0.05) is 25.0 Å². The molecule has 0 atom stereocenters. The Morgan fingerprint density at radius 1 is 1.18 bits per heavy atom. The molecule has 2 aromatic heterocycles. The van der Waals surface area contributed by atoms with Gasteiger partial charge >= 0.3 is 0 Å². The molecular weight excluding hydrogens is 302 g/mol. The Morgan fingerprint density at radius 3 is 2.95 bits per heavy atom. The van der Waals surface area contributed by atoms with Crippen LogP contribution >= 0.6 is 11.6 Å². The summed E-state index contributed by atoms with van der Waals surface area (Å²) in [7, 11) is 0. The van der Waals surface area contributed by atoms with E-state index in [1.807, 2.05) is 18.2 Å². The number of amides is 1. The third-order valence-electron chi connectivity index (χ3n) is 3.70. The summed E-state index contributed by atoms with van der Waals surface area (Å²) in [6.07, 6.45) is 1.70. The molecular formula is C15H12ClN5O. The Balaban J connectivity index is 1.68. The molecule has 3 N–H and O–H groups in total. The van der Waals surface area contributed by atoms with E-state index in [2.05, 4.69) is 25.6 Å². The van der Waals surface area contributed by atoms with Crippen molar-refractivity contribution < 1.29 is 4.79 Å². The SMILES string of the molecule is O=C(Nc1ccc2c(c1)CNC2)c1nc(Cl)nc2[nH]ccc12. The molecule has 0 radical (unpaired) electrons. The fourth-order valence-electron chi connectivity index (χ4n) is 2.65. The van der Waals surface area contributed by atoms with Gasteiger partial charge in [0.05, 0.1) is 5.39 Å². The molecule has 4 rings (SSSR count). The second-order valence-corrected chi connectivity index (χ2v) is 5.46. The zero-order valence-corrected chi connectivity index (χ0v) is 12.2. The number of fused-ring (bicyclic) bond motifs is 2. The van der Waals surface area contributed by atoms with E-state index in [0.29, 0.717) is 11.0 Å². The van der Waals surface area contributed by atoms with Crippen LogP contribution in [0, 0.1) is 0 Å². The van der Waals surface area contributed by atoms with Gasteiger partial charge in [-0.3, -0.25) is 4.79 Å². The van der Waals surface area contributed by atoms with Gasteiger partial charge in [-0.15, -0.1) is 0 Å². The molecule has 1 aromatic carbocycles. The number of aromatic nitrogens is 3. The highest BCUT2D eigenvalue weighted by molar-refractivity contribution is 6.29. The summed E-state index contributed by atoms with van der Waals surface area (Å²) in [5, 5.41) is 6.82. The number of aromatic amines is 1. The van der Waals surface area contributed by atoms with Crippen LogP contribution in [0.1, 0.15) is 21.6 Å². The Bertz CT molecular complexity index is 889. The summed E-state index contributed by atoms with van der Waals surface area (Å²) in [4.78, 5) is 23.5. The van der Waals surface area contributed by atoms with Gasteiger partial charge in [0.25, 0.3) is 5.91 Å². The minimum atomic E-state index is -0.306. The molecule has 1 amide bonds. The van der Waals surface area contributed by atoms with Crippen LogP contribution < -0.4 is 10.6 Å². The van der Waals surface area contributed by atoms with E-state index in [9.17, 15) is 4.79 Å². The Hall–Kier alpha value is -2.44. The number of carbonyl (C=O) groups excluding carboxylic acids is 1. The van der Waals surface area contributed by atoms with Crippen LogP contribution in [0.4, 0.5) is 5.69 Å². The molecule has 7 heteroatoms. The van der Waals surface area contributed by atoms with Crippen LogP contribution in [0.25, 0.3) is 11.0 Å². The average molecular weight is 314 g/mol. The molecule has 1 aliphatic heterocycles. The maximum absolute atomic E-state index is 12.5. The van der Waals surface area contributed by atoms with Gasteiger partial charge in [-0.05, 0) is 40.9 Å². The smallest absolute Gasteiger partial charge is 0.275 e. The minimum Gasteiger partial charge on any atom is -0.346 e. The molecule has 110 valence electrons. The van der Waals surface area contributed by atoms with Crippen LogP contribution in [0.2, 0.25) is 5.28 Å². The number of hydrogen-bond donors (Lipinski definition) is 3. The van der Waals surface area contributed by atoms with Crippen LogP contribution in [-0.2, 0) is 13.1 Å². The summed E-state index contributed by atoms with van der Waals surface area (Å²) in [6.45, 7) is 1.69. The Labute approximate surface area is 130 Å². The Morgan fingerprint density at radius 2 is 2.05 bits per heavy atom. The molecule has 22 heavy (non-hydrogen) atoms. The topological polar surface area (TPSA) is 82.7 Å². The first-order valence-corrected chi connectivity index (χ1v) is 7.23. The third kappa shape index (κ3) is 2.22. The molecule has 3 aromatic rings. The van der Waals surface area contributed by atoms with Gasteiger partial charge in [0.1, 0.15) is 11.3 Å². The van der Waals surface area contributed by atoms with E-state index in [-0.39, 0.29) is 16.9 Å². The van der Waals surface area contributed by atoms with Crippen LogP contribution in [0.3, 0.4) is 0 Å². The molecule has 3 heterocycles. The van der Waals surface area contributed by atoms with Crippen LogP contribution in [0.15, 0.2) is 30.5 Å². The quantitative estimate of drug-likeness (QED) is 0.635. The predicted octanol–water partition coefficient (Wildman–Crippen LogP) is 2.47. The van der Waals surface area contributed by atoms with E-state index in [4.69, 9.17) is 11.6 Å². The van der Waals surface area contributed by atoms with E-state index >= 15 is 0 Å². The second-order valence-electron chi connectivity index (χ2n) is 5.12. The fourth-order valence-corrected chi connectivity index (χ4v) is 2.82. The highest BCUT2D eigenvalue weighted by Crippen LogP contribution is 2.22. The first kappa shape index (κ1) is 13.2. The van der Waals surface area contributed by atoms with Crippen molar-refractivity contribution in [3.05, 3.63) is 52.6 Å². The van der Waals surface area contributed by atoms with Gasteiger partial charge in [-0.1, -0.05) is 6.07 Å². The van der Waals surface area contributed by atoms with E-state index in [0.717, 1.165) is 18.8 Å². The summed E-state index contributed by atoms with van der Waals surface area (Å²) in [5.74, 6) is -0.306. The number of anilines is 1. The Kier molecular flexibility index (Phi) is 3.06. The summed E-state index contributed by atoms with van der Waals surface area (Å²) >= 11 is 5.87.